The number of aromatic carboxylic acids is 1. The Hall–Kier alpha value is -2.57. The number of hydrogen-bond donors (Lipinski definition) is 2. The number of carboxylic acid groups (broad SMARTS) is 1. The van der Waals surface area contributed by atoms with Crippen molar-refractivity contribution in [2.75, 3.05) is 5.32 Å². The molecule has 1 aromatic carbocycles. The van der Waals surface area contributed by atoms with Crippen LogP contribution in [-0.4, -0.2) is 16.1 Å². The van der Waals surface area contributed by atoms with Gasteiger partial charge in [0.15, 0.2) is 0 Å². The van der Waals surface area contributed by atoms with Gasteiger partial charge in [-0.1, -0.05) is 6.07 Å². The average Bonchev–Trinajstić information content (AvgIpc) is 2.40. The molecule has 0 atom stereocenters. The number of carboxylic acids is 1. The van der Waals surface area contributed by atoms with Crippen molar-refractivity contribution in [2.24, 2.45) is 0 Å². The zero-order chi connectivity index (χ0) is 15.6. The summed E-state index contributed by atoms with van der Waals surface area (Å²) in [4.78, 5) is 14.3. The first kappa shape index (κ1) is 14.8. The highest BCUT2D eigenvalue weighted by atomic mass is 19.4. The van der Waals surface area contributed by atoms with E-state index in [1.54, 1.807) is 0 Å². The van der Waals surface area contributed by atoms with Crippen LogP contribution in [0.4, 0.5) is 24.5 Å². The normalized spacial score (nSPS) is 11.2. The topological polar surface area (TPSA) is 62.2 Å². The van der Waals surface area contributed by atoms with Crippen molar-refractivity contribution in [1.82, 2.24) is 4.98 Å². The Morgan fingerprint density at radius 3 is 2.38 bits per heavy atom. The van der Waals surface area contributed by atoms with Crippen molar-refractivity contribution in [1.29, 1.82) is 0 Å². The lowest BCUT2D eigenvalue weighted by atomic mass is 10.1. The van der Waals surface area contributed by atoms with E-state index in [0.717, 1.165) is 6.07 Å². The van der Waals surface area contributed by atoms with E-state index in [9.17, 15) is 18.0 Å². The minimum absolute atomic E-state index is 0.132. The molecule has 0 aliphatic heterocycles. The van der Waals surface area contributed by atoms with Gasteiger partial charge in [-0.3, -0.25) is 0 Å². The number of anilines is 2. The zero-order valence-electron chi connectivity index (χ0n) is 10.9. The molecule has 0 aliphatic carbocycles. The molecule has 1 heterocycles. The number of halogens is 3. The first-order chi connectivity index (χ1) is 9.77. The van der Waals surface area contributed by atoms with E-state index in [0.29, 0.717) is 5.69 Å². The van der Waals surface area contributed by atoms with E-state index in [2.05, 4.69) is 10.3 Å². The maximum absolute atomic E-state index is 12.8. The highest BCUT2D eigenvalue weighted by Crippen LogP contribution is 2.34. The first-order valence-electron chi connectivity index (χ1n) is 5.91. The van der Waals surface area contributed by atoms with Crippen molar-refractivity contribution < 1.29 is 23.1 Å². The maximum Gasteiger partial charge on any atom is 0.416 e. The van der Waals surface area contributed by atoms with Crippen LogP contribution in [0.15, 0.2) is 36.5 Å². The second-order valence-electron chi connectivity index (χ2n) is 4.39. The fraction of sp³-hybridized carbons (Fsp3) is 0.143. The molecular weight excluding hydrogens is 285 g/mol. The minimum Gasteiger partial charge on any atom is -0.477 e. The van der Waals surface area contributed by atoms with E-state index >= 15 is 0 Å². The number of alkyl halides is 3. The van der Waals surface area contributed by atoms with E-state index < -0.39 is 17.7 Å². The van der Waals surface area contributed by atoms with Gasteiger partial charge in [-0.15, -0.1) is 0 Å². The molecular formula is C14H11F3N2O2. The van der Waals surface area contributed by atoms with Crippen molar-refractivity contribution >= 4 is 17.3 Å². The van der Waals surface area contributed by atoms with Crippen LogP contribution in [0.25, 0.3) is 0 Å². The molecule has 2 rings (SSSR count). The molecule has 7 heteroatoms. The first-order valence-corrected chi connectivity index (χ1v) is 5.91. The second-order valence-corrected chi connectivity index (χ2v) is 4.39. The van der Waals surface area contributed by atoms with Gasteiger partial charge in [0.05, 0.1) is 17.4 Å². The summed E-state index contributed by atoms with van der Waals surface area (Å²) in [5, 5.41) is 11.5. The Kier molecular flexibility index (Phi) is 3.84. The van der Waals surface area contributed by atoms with Crippen LogP contribution >= 0.6 is 0 Å². The van der Waals surface area contributed by atoms with Crippen molar-refractivity contribution in [2.45, 2.75) is 13.1 Å². The van der Waals surface area contributed by atoms with Gasteiger partial charge >= 0.3 is 12.1 Å². The van der Waals surface area contributed by atoms with Gasteiger partial charge in [-0.05, 0) is 36.8 Å². The number of pyridine rings is 1. The van der Waals surface area contributed by atoms with E-state index in [-0.39, 0.29) is 16.9 Å². The van der Waals surface area contributed by atoms with Gasteiger partial charge in [0.25, 0.3) is 0 Å². The van der Waals surface area contributed by atoms with Crippen LogP contribution in [0.5, 0.6) is 0 Å². The minimum atomic E-state index is -4.42. The zero-order valence-corrected chi connectivity index (χ0v) is 10.9. The summed E-state index contributed by atoms with van der Waals surface area (Å²) in [5.41, 5.74) is -0.0785. The summed E-state index contributed by atoms with van der Waals surface area (Å²) in [7, 11) is 0. The molecule has 0 amide bonds. The summed E-state index contributed by atoms with van der Waals surface area (Å²) in [6.45, 7) is 1.38. The Morgan fingerprint density at radius 2 is 1.86 bits per heavy atom. The van der Waals surface area contributed by atoms with Crippen LogP contribution in [0.2, 0.25) is 0 Å². The van der Waals surface area contributed by atoms with Crippen LogP contribution < -0.4 is 5.32 Å². The molecule has 0 fully saturated rings. The molecule has 2 N–H and O–H groups in total. The summed E-state index contributed by atoms with van der Waals surface area (Å²) < 4.78 is 38.4. The Morgan fingerprint density at radius 1 is 1.19 bits per heavy atom. The molecule has 0 unspecified atom stereocenters. The Balaban J connectivity index is 2.26. The summed E-state index contributed by atoms with van der Waals surface area (Å²) >= 11 is 0. The third-order valence-electron chi connectivity index (χ3n) is 2.81. The molecule has 110 valence electrons. The number of rotatable bonds is 3. The number of hydrogen-bond acceptors (Lipinski definition) is 3. The fourth-order valence-corrected chi connectivity index (χ4v) is 1.77. The average molecular weight is 296 g/mol. The van der Waals surface area contributed by atoms with Crippen LogP contribution in [0.1, 0.15) is 21.6 Å². The molecule has 2 aromatic rings. The van der Waals surface area contributed by atoms with Crippen molar-refractivity contribution in [3.8, 4) is 0 Å². The van der Waals surface area contributed by atoms with Gasteiger partial charge < -0.3 is 10.4 Å². The molecule has 0 radical (unpaired) electrons. The number of aryl methyl sites for hydroxylation is 1. The third kappa shape index (κ3) is 3.50. The quantitative estimate of drug-likeness (QED) is 0.903. The molecule has 0 aliphatic rings. The van der Waals surface area contributed by atoms with Gasteiger partial charge in [0, 0.05) is 5.69 Å². The summed E-state index contributed by atoms with van der Waals surface area (Å²) in [6, 6.07) is 6.58. The van der Waals surface area contributed by atoms with Crippen molar-refractivity contribution in [3.63, 3.8) is 0 Å². The lowest BCUT2D eigenvalue weighted by molar-refractivity contribution is -0.138. The molecule has 0 bridgehead atoms. The largest absolute Gasteiger partial charge is 0.477 e. The van der Waals surface area contributed by atoms with Gasteiger partial charge in [-0.2, -0.15) is 13.2 Å². The van der Waals surface area contributed by atoms with Gasteiger partial charge in [0.1, 0.15) is 5.69 Å². The van der Waals surface area contributed by atoms with Crippen molar-refractivity contribution in [3.05, 3.63) is 53.3 Å². The van der Waals surface area contributed by atoms with Crippen LogP contribution in [-0.2, 0) is 6.18 Å². The summed E-state index contributed by atoms with van der Waals surface area (Å²) in [5.74, 6) is -1.17. The SMILES string of the molecule is Cc1ccc(Nc2ccc(C(=O)O)nc2)cc1C(F)(F)F. The molecule has 1 aromatic heterocycles. The number of benzene rings is 1. The standard InChI is InChI=1S/C14H11F3N2O2/c1-8-2-3-9(6-11(8)14(15,16)17)19-10-4-5-12(13(20)21)18-7-10/h2-7,19H,1H3,(H,20,21). The van der Waals surface area contributed by atoms with Crippen LogP contribution in [0.3, 0.4) is 0 Å². The lowest BCUT2D eigenvalue weighted by Gasteiger charge is -2.13. The number of aromatic nitrogens is 1. The lowest BCUT2D eigenvalue weighted by Crippen LogP contribution is -2.08. The fourth-order valence-electron chi connectivity index (χ4n) is 1.77. The van der Waals surface area contributed by atoms with E-state index in [1.807, 2.05) is 0 Å². The van der Waals surface area contributed by atoms with E-state index in [1.165, 1.54) is 37.4 Å². The molecule has 0 saturated heterocycles. The van der Waals surface area contributed by atoms with Gasteiger partial charge in [-0.25, -0.2) is 9.78 Å². The monoisotopic (exact) mass is 296 g/mol. The molecule has 0 saturated carbocycles. The van der Waals surface area contributed by atoms with E-state index in [4.69, 9.17) is 5.11 Å². The number of nitrogens with zero attached hydrogens (tertiary/aromatic N) is 1. The number of carbonyl (C=O) groups is 1. The summed E-state index contributed by atoms with van der Waals surface area (Å²) in [6.07, 6.45) is -3.18. The Labute approximate surface area is 118 Å². The van der Waals surface area contributed by atoms with Crippen LogP contribution in [0, 0.1) is 6.92 Å². The Bertz CT molecular complexity index is 667. The third-order valence-corrected chi connectivity index (χ3v) is 2.81. The highest BCUT2D eigenvalue weighted by Gasteiger charge is 2.32. The number of nitrogens with one attached hydrogen (secondary N) is 1. The highest BCUT2D eigenvalue weighted by molar-refractivity contribution is 5.85. The second kappa shape index (κ2) is 5.43. The molecule has 21 heavy (non-hydrogen) atoms. The maximum atomic E-state index is 12.8. The van der Waals surface area contributed by atoms with Gasteiger partial charge in [0.2, 0.25) is 0 Å². The predicted octanol–water partition coefficient (Wildman–Crippen LogP) is 3.85. The smallest absolute Gasteiger partial charge is 0.416 e. The molecule has 4 nitrogen and oxygen atoms in total. The predicted molar refractivity (Wildman–Crippen MR) is 70.7 cm³/mol. The molecule has 0 spiro atoms.